The molecule has 0 aromatic heterocycles. The van der Waals surface area contributed by atoms with Gasteiger partial charge in [0.1, 0.15) is 5.75 Å². The Hall–Kier alpha value is -2.74. The molecule has 0 aliphatic carbocycles. The van der Waals surface area contributed by atoms with Gasteiger partial charge >= 0.3 is 6.61 Å². The SMILES string of the molecule is COc1cc(OC)c(OC)cc1CNCc1ccc(OC)c(OC(F)F)c1. The van der Waals surface area contributed by atoms with E-state index in [1.165, 1.54) is 13.2 Å². The summed E-state index contributed by atoms with van der Waals surface area (Å²) in [5.41, 5.74) is 1.64. The normalized spacial score (nSPS) is 10.6. The highest BCUT2D eigenvalue weighted by molar-refractivity contribution is 5.50. The Bertz CT molecular complexity index is 755. The molecule has 8 heteroatoms. The van der Waals surface area contributed by atoms with E-state index in [0.29, 0.717) is 30.3 Å². The van der Waals surface area contributed by atoms with Crippen LogP contribution in [-0.4, -0.2) is 35.1 Å². The molecule has 2 aromatic rings. The predicted octanol–water partition coefficient (Wildman–Crippen LogP) is 3.61. The average molecular weight is 383 g/mol. The quantitative estimate of drug-likeness (QED) is 0.676. The van der Waals surface area contributed by atoms with Gasteiger partial charge in [-0.25, -0.2) is 0 Å². The maximum Gasteiger partial charge on any atom is 0.387 e. The highest BCUT2D eigenvalue weighted by Crippen LogP contribution is 2.34. The molecule has 0 unspecified atom stereocenters. The van der Waals surface area contributed by atoms with E-state index in [9.17, 15) is 8.78 Å². The Balaban J connectivity index is 2.10. The van der Waals surface area contributed by atoms with Crippen LogP contribution in [0.5, 0.6) is 28.7 Å². The fraction of sp³-hybridized carbons (Fsp3) is 0.368. The van der Waals surface area contributed by atoms with E-state index in [-0.39, 0.29) is 11.5 Å². The topological polar surface area (TPSA) is 58.2 Å². The van der Waals surface area contributed by atoms with E-state index in [0.717, 1.165) is 11.1 Å². The van der Waals surface area contributed by atoms with Crippen molar-refractivity contribution < 1.29 is 32.5 Å². The molecule has 0 amide bonds. The van der Waals surface area contributed by atoms with Crippen molar-refractivity contribution in [3.05, 3.63) is 41.5 Å². The number of alkyl halides is 2. The summed E-state index contributed by atoms with van der Waals surface area (Å²) in [5.74, 6) is 2.06. The van der Waals surface area contributed by atoms with Crippen LogP contribution in [0.15, 0.2) is 30.3 Å². The summed E-state index contributed by atoms with van der Waals surface area (Å²) in [5, 5.41) is 3.24. The lowest BCUT2D eigenvalue weighted by Gasteiger charge is -2.15. The van der Waals surface area contributed by atoms with Crippen LogP contribution in [0.1, 0.15) is 11.1 Å². The van der Waals surface area contributed by atoms with E-state index in [1.807, 2.05) is 6.07 Å². The van der Waals surface area contributed by atoms with E-state index in [2.05, 4.69) is 10.1 Å². The molecule has 0 bridgehead atoms. The molecule has 148 valence electrons. The van der Waals surface area contributed by atoms with E-state index in [1.54, 1.807) is 39.5 Å². The Morgan fingerprint density at radius 2 is 1.37 bits per heavy atom. The van der Waals surface area contributed by atoms with E-state index in [4.69, 9.17) is 18.9 Å². The van der Waals surface area contributed by atoms with Gasteiger partial charge in [-0.05, 0) is 23.8 Å². The minimum atomic E-state index is -2.92. The number of hydrogen-bond acceptors (Lipinski definition) is 6. The molecule has 0 saturated carbocycles. The Kier molecular flexibility index (Phi) is 7.48. The minimum absolute atomic E-state index is 0.00417. The standard InChI is InChI=1S/C19H23F2NO5/c1-23-14-6-5-12(7-18(14)27-19(20)21)10-22-11-13-8-16(25-3)17(26-4)9-15(13)24-2/h5-9,19,22H,10-11H2,1-4H3. The molecule has 0 aliphatic rings. The van der Waals surface area contributed by atoms with Gasteiger partial charge in [-0.3, -0.25) is 0 Å². The molecule has 0 heterocycles. The first-order valence-corrected chi connectivity index (χ1v) is 8.13. The summed E-state index contributed by atoms with van der Waals surface area (Å²) in [7, 11) is 6.08. The smallest absolute Gasteiger partial charge is 0.387 e. The fourth-order valence-electron chi connectivity index (χ4n) is 2.59. The van der Waals surface area contributed by atoms with Crippen LogP contribution in [0.2, 0.25) is 0 Å². The number of methoxy groups -OCH3 is 4. The van der Waals surface area contributed by atoms with Crippen LogP contribution >= 0.6 is 0 Å². The minimum Gasteiger partial charge on any atom is -0.496 e. The summed E-state index contributed by atoms with van der Waals surface area (Å²) in [6.45, 7) is -2.01. The van der Waals surface area contributed by atoms with Crippen LogP contribution in [0.25, 0.3) is 0 Å². The van der Waals surface area contributed by atoms with Crippen molar-refractivity contribution in [3.63, 3.8) is 0 Å². The first-order valence-electron chi connectivity index (χ1n) is 8.13. The Labute approximate surface area is 156 Å². The second-order valence-electron chi connectivity index (χ2n) is 5.49. The molecular formula is C19H23F2NO5. The van der Waals surface area contributed by atoms with Gasteiger partial charge in [0, 0.05) is 24.7 Å². The Morgan fingerprint density at radius 1 is 0.741 bits per heavy atom. The second-order valence-corrected chi connectivity index (χ2v) is 5.49. The van der Waals surface area contributed by atoms with E-state index >= 15 is 0 Å². The number of nitrogens with one attached hydrogen (secondary N) is 1. The maximum atomic E-state index is 12.5. The maximum absolute atomic E-state index is 12.5. The first kappa shape index (κ1) is 20.6. The summed E-state index contributed by atoms with van der Waals surface area (Å²) < 4.78 is 50.5. The molecule has 0 atom stereocenters. The number of halogens is 2. The molecule has 0 fully saturated rings. The third kappa shape index (κ3) is 5.37. The fourth-order valence-corrected chi connectivity index (χ4v) is 2.59. The average Bonchev–Trinajstić information content (AvgIpc) is 2.67. The molecule has 0 spiro atoms. The van der Waals surface area contributed by atoms with E-state index < -0.39 is 6.61 Å². The van der Waals surface area contributed by atoms with Gasteiger partial charge in [0.15, 0.2) is 23.0 Å². The summed E-state index contributed by atoms with van der Waals surface area (Å²) in [4.78, 5) is 0. The highest BCUT2D eigenvalue weighted by Gasteiger charge is 2.13. The monoisotopic (exact) mass is 383 g/mol. The molecule has 0 aliphatic heterocycles. The zero-order chi connectivity index (χ0) is 19.8. The summed E-state index contributed by atoms with van der Waals surface area (Å²) in [6.07, 6.45) is 0. The van der Waals surface area contributed by atoms with Gasteiger partial charge in [0.2, 0.25) is 0 Å². The van der Waals surface area contributed by atoms with Crippen LogP contribution < -0.4 is 29.0 Å². The lowest BCUT2D eigenvalue weighted by molar-refractivity contribution is -0.0512. The van der Waals surface area contributed by atoms with Gasteiger partial charge < -0.3 is 29.0 Å². The lowest BCUT2D eigenvalue weighted by Crippen LogP contribution is -2.14. The number of benzene rings is 2. The zero-order valence-corrected chi connectivity index (χ0v) is 15.7. The molecule has 0 radical (unpaired) electrons. The lowest BCUT2D eigenvalue weighted by atomic mass is 10.1. The van der Waals surface area contributed by atoms with Gasteiger partial charge in [-0.2, -0.15) is 8.78 Å². The predicted molar refractivity (Wildman–Crippen MR) is 96.3 cm³/mol. The van der Waals surface area contributed by atoms with Crippen LogP contribution in [-0.2, 0) is 13.1 Å². The molecule has 6 nitrogen and oxygen atoms in total. The molecule has 2 aromatic carbocycles. The molecule has 2 rings (SSSR count). The van der Waals surface area contributed by atoms with Gasteiger partial charge in [0.25, 0.3) is 0 Å². The molecule has 1 N–H and O–H groups in total. The van der Waals surface area contributed by atoms with Gasteiger partial charge in [0.05, 0.1) is 28.4 Å². The largest absolute Gasteiger partial charge is 0.496 e. The van der Waals surface area contributed by atoms with Crippen molar-refractivity contribution in [2.24, 2.45) is 0 Å². The molecular weight excluding hydrogens is 360 g/mol. The third-order valence-electron chi connectivity index (χ3n) is 3.88. The second kappa shape index (κ2) is 9.82. The number of ether oxygens (including phenoxy) is 5. The van der Waals surface area contributed by atoms with Crippen LogP contribution in [0, 0.1) is 0 Å². The van der Waals surface area contributed by atoms with Crippen molar-refractivity contribution in [1.82, 2.24) is 5.32 Å². The van der Waals surface area contributed by atoms with Gasteiger partial charge in [-0.15, -0.1) is 0 Å². The third-order valence-corrected chi connectivity index (χ3v) is 3.88. The van der Waals surface area contributed by atoms with Crippen molar-refractivity contribution in [2.75, 3.05) is 28.4 Å². The van der Waals surface area contributed by atoms with Crippen molar-refractivity contribution >= 4 is 0 Å². The number of hydrogen-bond donors (Lipinski definition) is 1. The Morgan fingerprint density at radius 3 is 1.96 bits per heavy atom. The van der Waals surface area contributed by atoms with Gasteiger partial charge in [-0.1, -0.05) is 6.07 Å². The summed E-state index contributed by atoms with van der Waals surface area (Å²) in [6, 6.07) is 8.45. The van der Waals surface area contributed by atoms with Crippen LogP contribution in [0.3, 0.4) is 0 Å². The molecule has 0 saturated heterocycles. The van der Waals surface area contributed by atoms with Crippen molar-refractivity contribution in [1.29, 1.82) is 0 Å². The first-order chi connectivity index (χ1) is 13.0. The highest BCUT2D eigenvalue weighted by atomic mass is 19.3. The molecule has 27 heavy (non-hydrogen) atoms. The summed E-state index contributed by atoms with van der Waals surface area (Å²) >= 11 is 0. The van der Waals surface area contributed by atoms with Crippen molar-refractivity contribution in [3.8, 4) is 28.7 Å². The van der Waals surface area contributed by atoms with Crippen LogP contribution in [0.4, 0.5) is 8.78 Å². The number of rotatable bonds is 10. The van der Waals surface area contributed by atoms with Crippen molar-refractivity contribution in [2.45, 2.75) is 19.7 Å². The zero-order valence-electron chi connectivity index (χ0n) is 15.7.